The number of aliphatic hydroxyl groups excluding tert-OH is 1. The number of nitrogens with zero attached hydrogens (tertiary/aromatic N) is 1. The van der Waals surface area contributed by atoms with Gasteiger partial charge in [-0.05, 0) is 41.8 Å². The summed E-state index contributed by atoms with van der Waals surface area (Å²) in [6.45, 7) is 1.88. The number of amides is 2. The molecular formula is C21H23N3O5S. The minimum Gasteiger partial charge on any atom is -0.503 e. The lowest BCUT2D eigenvalue weighted by Gasteiger charge is -2.16. The second-order valence-corrected chi connectivity index (χ2v) is 9.01. The number of sulfonamides is 1. The standard InChI is InChI=1S/C21H23N3O5S/c1-13(22-20(26)18-12-24(2)21(27)19(18)25)15-5-4-6-16(11-15)14-7-9-17(10-8-14)23-30(3,28)29/h4-11,13,23,25H,12H2,1-3H3,(H,22,26). The monoisotopic (exact) mass is 429 g/mol. The first kappa shape index (κ1) is 21.4. The van der Waals surface area contributed by atoms with E-state index in [0.29, 0.717) is 5.69 Å². The van der Waals surface area contributed by atoms with Crippen LogP contribution in [0.4, 0.5) is 5.69 Å². The molecule has 0 aliphatic carbocycles. The normalized spacial score (nSPS) is 15.3. The van der Waals surface area contributed by atoms with Crippen LogP contribution in [0, 0.1) is 0 Å². The minimum absolute atomic E-state index is 0.0551. The molecule has 1 atom stereocenters. The van der Waals surface area contributed by atoms with Crippen molar-refractivity contribution < 1.29 is 23.1 Å². The summed E-state index contributed by atoms with van der Waals surface area (Å²) in [5, 5.41) is 12.7. The highest BCUT2D eigenvalue weighted by Gasteiger charge is 2.32. The fraction of sp³-hybridized carbons (Fsp3) is 0.238. The molecule has 9 heteroatoms. The van der Waals surface area contributed by atoms with Crippen molar-refractivity contribution in [2.45, 2.75) is 13.0 Å². The molecule has 3 rings (SSSR count). The van der Waals surface area contributed by atoms with Gasteiger partial charge in [-0.1, -0.05) is 30.3 Å². The fourth-order valence-electron chi connectivity index (χ4n) is 3.17. The molecule has 1 heterocycles. The van der Waals surface area contributed by atoms with E-state index in [1.807, 2.05) is 31.2 Å². The molecule has 0 saturated carbocycles. The van der Waals surface area contributed by atoms with Crippen LogP contribution in [-0.2, 0) is 19.6 Å². The first-order valence-corrected chi connectivity index (χ1v) is 11.1. The Morgan fingerprint density at radius 1 is 1.13 bits per heavy atom. The average Bonchev–Trinajstić information content (AvgIpc) is 2.95. The molecule has 1 aliphatic rings. The lowest BCUT2D eigenvalue weighted by molar-refractivity contribution is -0.126. The van der Waals surface area contributed by atoms with Crippen molar-refractivity contribution in [3.63, 3.8) is 0 Å². The maximum atomic E-state index is 12.5. The smallest absolute Gasteiger partial charge is 0.289 e. The van der Waals surface area contributed by atoms with Crippen LogP contribution in [0.15, 0.2) is 59.9 Å². The van der Waals surface area contributed by atoms with Gasteiger partial charge in [-0.2, -0.15) is 0 Å². The lowest BCUT2D eigenvalue weighted by atomic mass is 9.99. The van der Waals surface area contributed by atoms with Crippen molar-refractivity contribution >= 4 is 27.5 Å². The molecule has 0 radical (unpaired) electrons. The summed E-state index contributed by atoms with van der Waals surface area (Å²) in [5.41, 5.74) is 3.16. The molecule has 8 nitrogen and oxygen atoms in total. The van der Waals surface area contributed by atoms with Gasteiger partial charge in [0, 0.05) is 12.7 Å². The van der Waals surface area contributed by atoms with Gasteiger partial charge in [0.05, 0.1) is 24.4 Å². The van der Waals surface area contributed by atoms with Crippen molar-refractivity contribution in [2.75, 3.05) is 24.6 Å². The topological polar surface area (TPSA) is 116 Å². The van der Waals surface area contributed by atoms with Crippen LogP contribution in [-0.4, -0.2) is 50.1 Å². The van der Waals surface area contributed by atoms with Gasteiger partial charge < -0.3 is 15.3 Å². The number of likely N-dealkylation sites (N-methyl/N-ethyl adjacent to an activating group) is 1. The molecule has 2 aromatic rings. The predicted molar refractivity (Wildman–Crippen MR) is 114 cm³/mol. The van der Waals surface area contributed by atoms with Gasteiger partial charge in [-0.25, -0.2) is 8.42 Å². The van der Waals surface area contributed by atoms with E-state index in [9.17, 15) is 23.1 Å². The highest BCUT2D eigenvalue weighted by molar-refractivity contribution is 7.92. The maximum Gasteiger partial charge on any atom is 0.289 e. The quantitative estimate of drug-likeness (QED) is 0.651. The largest absolute Gasteiger partial charge is 0.503 e. The van der Waals surface area contributed by atoms with E-state index in [4.69, 9.17) is 0 Å². The van der Waals surface area contributed by atoms with Gasteiger partial charge >= 0.3 is 0 Å². The van der Waals surface area contributed by atoms with Gasteiger partial charge in [0.15, 0.2) is 5.76 Å². The Kier molecular flexibility index (Phi) is 5.84. The zero-order valence-corrected chi connectivity index (χ0v) is 17.7. The number of anilines is 1. The third-order valence-electron chi connectivity index (χ3n) is 4.76. The molecule has 0 saturated heterocycles. The number of benzene rings is 2. The first-order chi connectivity index (χ1) is 14.0. The molecule has 2 amide bonds. The zero-order chi connectivity index (χ0) is 22.1. The molecule has 0 aromatic heterocycles. The van der Waals surface area contributed by atoms with Crippen LogP contribution in [0.5, 0.6) is 0 Å². The second-order valence-electron chi connectivity index (χ2n) is 7.26. The van der Waals surface area contributed by atoms with Crippen molar-refractivity contribution in [3.8, 4) is 11.1 Å². The first-order valence-electron chi connectivity index (χ1n) is 9.22. The van der Waals surface area contributed by atoms with Gasteiger partial charge in [0.25, 0.3) is 11.8 Å². The van der Waals surface area contributed by atoms with E-state index >= 15 is 0 Å². The summed E-state index contributed by atoms with van der Waals surface area (Å²) < 4.78 is 25.1. The van der Waals surface area contributed by atoms with Crippen LogP contribution < -0.4 is 10.0 Å². The van der Waals surface area contributed by atoms with E-state index in [1.165, 1.54) is 11.9 Å². The highest BCUT2D eigenvalue weighted by Crippen LogP contribution is 2.25. The molecule has 1 unspecified atom stereocenters. The molecule has 30 heavy (non-hydrogen) atoms. The molecule has 2 aromatic carbocycles. The molecule has 158 valence electrons. The minimum atomic E-state index is -3.34. The Labute approximate surface area is 175 Å². The SMILES string of the molecule is CC(NC(=O)C1=C(O)C(=O)N(C)C1)c1cccc(-c2ccc(NS(C)(=O)=O)cc2)c1. The molecule has 0 spiro atoms. The number of nitrogens with one attached hydrogen (secondary N) is 2. The number of rotatable bonds is 6. The number of hydrogen-bond donors (Lipinski definition) is 3. The van der Waals surface area contributed by atoms with Crippen molar-refractivity contribution in [3.05, 3.63) is 65.4 Å². The van der Waals surface area contributed by atoms with Gasteiger partial charge in [-0.15, -0.1) is 0 Å². The molecular weight excluding hydrogens is 406 g/mol. The van der Waals surface area contributed by atoms with Crippen molar-refractivity contribution in [2.24, 2.45) is 0 Å². The number of carbonyl (C=O) groups is 2. The number of aliphatic hydroxyl groups is 1. The van der Waals surface area contributed by atoms with Crippen LogP contribution in [0.25, 0.3) is 11.1 Å². The third-order valence-corrected chi connectivity index (χ3v) is 5.37. The maximum absolute atomic E-state index is 12.5. The van der Waals surface area contributed by atoms with Gasteiger partial charge in [0.2, 0.25) is 10.0 Å². The van der Waals surface area contributed by atoms with Crippen molar-refractivity contribution in [1.82, 2.24) is 10.2 Å². The van der Waals surface area contributed by atoms with Gasteiger partial charge in [0.1, 0.15) is 0 Å². The molecule has 1 aliphatic heterocycles. The summed E-state index contributed by atoms with van der Waals surface area (Å²) in [7, 11) is -1.82. The Morgan fingerprint density at radius 2 is 1.80 bits per heavy atom. The van der Waals surface area contributed by atoms with Crippen LogP contribution >= 0.6 is 0 Å². The van der Waals surface area contributed by atoms with Gasteiger partial charge in [-0.3, -0.25) is 14.3 Å². The Bertz CT molecular complexity index is 1120. The molecule has 3 N–H and O–H groups in total. The third kappa shape index (κ3) is 4.80. The van der Waals surface area contributed by atoms with E-state index in [2.05, 4.69) is 10.0 Å². The highest BCUT2D eigenvalue weighted by atomic mass is 32.2. The van der Waals surface area contributed by atoms with E-state index in [1.54, 1.807) is 24.3 Å². The summed E-state index contributed by atoms with van der Waals surface area (Å²) in [5.74, 6) is -1.57. The predicted octanol–water partition coefficient (Wildman–Crippen LogP) is 2.19. The second kappa shape index (κ2) is 8.19. The average molecular weight is 429 g/mol. The Hall–Kier alpha value is -3.33. The van der Waals surface area contributed by atoms with E-state index in [0.717, 1.165) is 22.9 Å². The summed E-state index contributed by atoms with van der Waals surface area (Å²) in [6.07, 6.45) is 1.09. The number of carbonyl (C=O) groups excluding carboxylic acids is 2. The van der Waals surface area contributed by atoms with Crippen LogP contribution in [0.1, 0.15) is 18.5 Å². The van der Waals surface area contributed by atoms with E-state index < -0.39 is 27.6 Å². The number of hydrogen-bond acceptors (Lipinski definition) is 5. The lowest BCUT2D eigenvalue weighted by Crippen LogP contribution is -2.30. The summed E-state index contributed by atoms with van der Waals surface area (Å²) >= 11 is 0. The Balaban J connectivity index is 1.75. The van der Waals surface area contributed by atoms with Crippen LogP contribution in [0.2, 0.25) is 0 Å². The molecule has 0 fully saturated rings. The zero-order valence-electron chi connectivity index (χ0n) is 16.8. The summed E-state index contributed by atoms with van der Waals surface area (Å²) in [6, 6.07) is 14.2. The summed E-state index contributed by atoms with van der Waals surface area (Å²) in [4.78, 5) is 25.4. The molecule has 0 bridgehead atoms. The van der Waals surface area contributed by atoms with E-state index in [-0.39, 0.29) is 18.2 Å². The fourth-order valence-corrected chi connectivity index (χ4v) is 3.74. The van der Waals surface area contributed by atoms with Crippen molar-refractivity contribution in [1.29, 1.82) is 0 Å². The van der Waals surface area contributed by atoms with Crippen LogP contribution in [0.3, 0.4) is 0 Å². The Morgan fingerprint density at radius 3 is 2.37 bits per heavy atom.